The number of halogens is 1. The number of oxazole rings is 1. The van der Waals surface area contributed by atoms with Crippen LogP contribution in [0.5, 0.6) is 0 Å². The maximum absolute atomic E-state index is 13.1. The van der Waals surface area contributed by atoms with Crippen LogP contribution in [0.2, 0.25) is 0 Å². The Morgan fingerprint density at radius 1 is 1.39 bits per heavy atom. The molecule has 3 rings (SSSR count). The number of benzene rings is 1. The van der Waals surface area contributed by atoms with E-state index in [1.807, 2.05) is 6.92 Å². The van der Waals surface area contributed by atoms with Gasteiger partial charge in [-0.15, -0.1) is 0 Å². The standard InChI is InChI=1S/C13H15FN2O2/c1-8-7-17-9(2)6-16(8)13-15-11-5-10(14)3-4-12(11)18-13/h3-5,8-9H,6-7H2,1-2H3. The molecule has 2 unspecified atom stereocenters. The SMILES string of the molecule is CC1CN(c2nc3cc(F)ccc3o2)C(C)CO1. The van der Waals surface area contributed by atoms with E-state index < -0.39 is 0 Å². The third-order valence-corrected chi connectivity index (χ3v) is 3.19. The molecule has 1 aromatic heterocycles. The Balaban J connectivity index is 1.97. The second-order valence-corrected chi connectivity index (χ2v) is 4.75. The molecule has 4 nitrogen and oxygen atoms in total. The lowest BCUT2D eigenvalue weighted by molar-refractivity contribution is 0.0324. The van der Waals surface area contributed by atoms with Gasteiger partial charge in [-0.05, 0) is 26.0 Å². The van der Waals surface area contributed by atoms with Crippen molar-refractivity contribution in [3.05, 3.63) is 24.0 Å². The fourth-order valence-corrected chi connectivity index (χ4v) is 2.18. The highest BCUT2D eigenvalue weighted by Gasteiger charge is 2.27. The van der Waals surface area contributed by atoms with Gasteiger partial charge in [0.25, 0.3) is 6.01 Å². The van der Waals surface area contributed by atoms with E-state index >= 15 is 0 Å². The van der Waals surface area contributed by atoms with E-state index in [9.17, 15) is 4.39 Å². The molecule has 2 atom stereocenters. The molecule has 96 valence electrons. The highest BCUT2D eigenvalue weighted by molar-refractivity contribution is 5.74. The summed E-state index contributed by atoms with van der Waals surface area (Å²) in [6, 6.07) is 5.12. The van der Waals surface area contributed by atoms with Gasteiger partial charge in [-0.25, -0.2) is 4.39 Å². The van der Waals surface area contributed by atoms with Crippen LogP contribution in [-0.4, -0.2) is 30.3 Å². The van der Waals surface area contributed by atoms with Crippen molar-refractivity contribution < 1.29 is 13.5 Å². The summed E-state index contributed by atoms with van der Waals surface area (Å²) < 4.78 is 24.3. The molecule has 5 heteroatoms. The molecule has 0 aliphatic carbocycles. The fraction of sp³-hybridized carbons (Fsp3) is 0.462. The zero-order valence-electron chi connectivity index (χ0n) is 10.4. The van der Waals surface area contributed by atoms with Crippen molar-refractivity contribution in [3.63, 3.8) is 0 Å². The molecule has 0 saturated carbocycles. The molecule has 0 N–H and O–H groups in total. The van der Waals surface area contributed by atoms with Crippen LogP contribution < -0.4 is 4.90 Å². The third kappa shape index (κ3) is 1.95. The van der Waals surface area contributed by atoms with Gasteiger partial charge in [0, 0.05) is 12.6 Å². The first-order chi connectivity index (χ1) is 8.63. The second kappa shape index (κ2) is 4.24. The average Bonchev–Trinajstić information content (AvgIpc) is 2.74. The molecule has 0 bridgehead atoms. The zero-order chi connectivity index (χ0) is 12.7. The zero-order valence-corrected chi connectivity index (χ0v) is 10.4. The molecule has 18 heavy (non-hydrogen) atoms. The van der Waals surface area contributed by atoms with Crippen molar-refractivity contribution in [2.24, 2.45) is 0 Å². The lowest BCUT2D eigenvalue weighted by Gasteiger charge is -2.35. The largest absolute Gasteiger partial charge is 0.423 e. The Labute approximate surface area is 104 Å². The van der Waals surface area contributed by atoms with E-state index in [2.05, 4.69) is 16.8 Å². The number of anilines is 1. The highest BCUT2D eigenvalue weighted by atomic mass is 19.1. The van der Waals surface area contributed by atoms with E-state index in [4.69, 9.17) is 9.15 Å². The first kappa shape index (κ1) is 11.5. The predicted molar refractivity (Wildman–Crippen MR) is 66.2 cm³/mol. The highest BCUT2D eigenvalue weighted by Crippen LogP contribution is 2.26. The summed E-state index contributed by atoms with van der Waals surface area (Å²) in [4.78, 5) is 6.41. The van der Waals surface area contributed by atoms with Crippen molar-refractivity contribution >= 4 is 17.1 Å². The summed E-state index contributed by atoms with van der Waals surface area (Å²) in [5.74, 6) is -0.300. The van der Waals surface area contributed by atoms with Gasteiger partial charge in [-0.1, -0.05) is 0 Å². The first-order valence-corrected chi connectivity index (χ1v) is 6.08. The Bertz CT molecular complexity index is 569. The number of ether oxygens (including phenoxy) is 1. The van der Waals surface area contributed by atoms with Gasteiger partial charge in [0.1, 0.15) is 11.3 Å². The van der Waals surface area contributed by atoms with Crippen molar-refractivity contribution in [2.75, 3.05) is 18.1 Å². The number of hydrogen-bond acceptors (Lipinski definition) is 4. The van der Waals surface area contributed by atoms with E-state index in [0.717, 1.165) is 6.54 Å². The van der Waals surface area contributed by atoms with E-state index in [1.165, 1.54) is 12.1 Å². The molecule has 0 amide bonds. The van der Waals surface area contributed by atoms with Crippen molar-refractivity contribution in [1.29, 1.82) is 0 Å². The maximum Gasteiger partial charge on any atom is 0.298 e. The lowest BCUT2D eigenvalue weighted by atomic mass is 10.2. The van der Waals surface area contributed by atoms with E-state index in [-0.39, 0.29) is 18.0 Å². The number of rotatable bonds is 1. The van der Waals surface area contributed by atoms with E-state index in [1.54, 1.807) is 6.07 Å². The minimum atomic E-state index is -0.300. The normalized spacial score (nSPS) is 24.7. The van der Waals surface area contributed by atoms with Gasteiger partial charge < -0.3 is 14.1 Å². The second-order valence-electron chi connectivity index (χ2n) is 4.75. The van der Waals surface area contributed by atoms with Crippen LogP contribution in [0.4, 0.5) is 10.4 Å². The number of hydrogen-bond donors (Lipinski definition) is 0. The van der Waals surface area contributed by atoms with Gasteiger partial charge >= 0.3 is 0 Å². The number of morpholine rings is 1. The molecule has 1 aliphatic heterocycles. The van der Waals surface area contributed by atoms with Gasteiger partial charge in [-0.2, -0.15) is 4.98 Å². The smallest absolute Gasteiger partial charge is 0.298 e. The summed E-state index contributed by atoms with van der Waals surface area (Å²) in [6.45, 7) is 5.45. The van der Waals surface area contributed by atoms with Crippen LogP contribution in [0.25, 0.3) is 11.1 Å². The van der Waals surface area contributed by atoms with Crippen LogP contribution in [0, 0.1) is 5.82 Å². The molecule has 2 heterocycles. The monoisotopic (exact) mass is 250 g/mol. The van der Waals surface area contributed by atoms with Crippen LogP contribution in [0.3, 0.4) is 0 Å². The minimum Gasteiger partial charge on any atom is -0.423 e. The van der Waals surface area contributed by atoms with Crippen LogP contribution in [0.1, 0.15) is 13.8 Å². The van der Waals surface area contributed by atoms with Crippen LogP contribution in [-0.2, 0) is 4.74 Å². The number of nitrogens with zero attached hydrogens (tertiary/aromatic N) is 2. The summed E-state index contributed by atoms with van der Waals surface area (Å²) in [7, 11) is 0. The molecule has 1 fully saturated rings. The summed E-state index contributed by atoms with van der Waals surface area (Å²) in [6.07, 6.45) is 0.146. The Morgan fingerprint density at radius 3 is 3.06 bits per heavy atom. The van der Waals surface area contributed by atoms with Gasteiger partial charge in [0.05, 0.1) is 18.8 Å². The molecular formula is C13H15FN2O2. The average molecular weight is 250 g/mol. The van der Waals surface area contributed by atoms with Crippen molar-refractivity contribution in [1.82, 2.24) is 4.98 Å². The van der Waals surface area contributed by atoms with Gasteiger partial charge in [0.2, 0.25) is 0 Å². The van der Waals surface area contributed by atoms with E-state index in [0.29, 0.717) is 23.7 Å². The molecule has 1 aliphatic rings. The van der Waals surface area contributed by atoms with Crippen molar-refractivity contribution in [3.8, 4) is 0 Å². The summed E-state index contributed by atoms with van der Waals surface area (Å²) >= 11 is 0. The Hall–Kier alpha value is -1.62. The molecule has 1 aromatic carbocycles. The molecule has 0 radical (unpaired) electrons. The maximum atomic E-state index is 13.1. The molecule has 0 spiro atoms. The molecular weight excluding hydrogens is 235 g/mol. The summed E-state index contributed by atoms with van der Waals surface area (Å²) in [5, 5.41) is 0. The predicted octanol–water partition coefficient (Wildman–Crippen LogP) is 2.58. The van der Waals surface area contributed by atoms with Gasteiger partial charge in [-0.3, -0.25) is 0 Å². The quantitative estimate of drug-likeness (QED) is 0.779. The Morgan fingerprint density at radius 2 is 2.22 bits per heavy atom. The lowest BCUT2D eigenvalue weighted by Crippen LogP contribution is -2.47. The van der Waals surface area contributed by atoms with Crippen LogP contribution >= 0.6 is 0 Å². The fourth-order valence-electron chi connectivity index (χ4n) is 2.18. The van der Waals surface area contributed by atoms with Gasteiger partial charge in [0.15, 0.2) is 5.58 Å². The molecule has 2 aromatic rings. The third-order valence-electron chi connectivity index (χ3n) is 3.19. The number of fused-ring (bicyclic) bond motifs is 1. The van der Waals surface area contributed by atoms with Crippen LogP contribution in [0.15, 0.2) is 22.6 Å². The number of aromatic nitrogens is 1. The molecule has 1 saturated heterocycles. The summed E-state index contributed by atoms with van der Waals surface area (Å²) in [5.41, 5.74) is 1.16. The first-order valence-electron chi connectivity index (χ1n) is 6.08. The minimum absolute atomic E-state index is 0.146. The van der Waals surface area contributed by atoms with Crippen molar-refractivity contribution in [2.45, 2.75) is 26.0 Å². The Kier molecular flexibility index (Phi) is 2.70. The topological polar surface area (TPSA) is 38.5 Å².